The summed E-state index contributed by atoms with van der Waals surface area (Å²) in [4.78, 5) is 29.9. The van der Waals surface area contributed by atoms with Gasteiger partial charge in [-0.3, -0.25) is 9.59 Å². The van der Waals surface area contributed by atoms with Crippen molar-refractivity contribution in [2.75, 3.05) is 5.32 Å². The van der Waals surface area contributed by atoms with Crippen LogP contribution >= 0.6 is 0 Å². The van der Waals surface area contributed by atoms with E-state index in [9.17, 15) is 9.59 Å². The summed E-state index contributed by atoms with van der Waals surface area (Å²) in [7, 11) is 0. The van der Waals surface area contributed by atoms with Crippen molar-refractivity contribution in [3.63, 3.8) is 0 Å². The first-order chi connectivity index (χ1) is 14.1. The highest BCUT2D eigenvalue weighted by atomic mass is 16.5. The first kappa shape index (κ1) is 18.4. The maximum absolute atomic E-state index is 12.8. The first-order valence-electron chi connectivity index (χ1n) is 9.06. The quantitative estimate of drug-likeness (QED) is 0.567. The second kappa shape index (κ2) is 7.93. The number of aryl methyl sites for hydroxylation is 1. The second-order valence-corrected chi connectivity index (χ2v) is 6.48. The number of para-hydroxylation sites is 1. The Kier molecular flexibility index (Phi) is 5.03. The van der Waals surface area contributed by atoms with Gasteiger partial charge in [-0.25, -0.2) is 0 Å². The molecule has 7 heteroatoms. The van der Waals surface area contributed by atoms with Crippen LogP contribution in [0, 0.1) is 6.92 Å². The minimum absolute atomic E-state index is 0.0579. The maximum atomic E-state index is 12.8. The van der Waals surface area contributed by atoms with Gasteiger partial charge in [-0.2, -0.15) is 4.98 Å². The Balaban J connectivity index is 1.62. The Hall–Kier alpha value is -4.00. The highest BCUT2D eigenvalue weighted by Gasteiger charge is 2.16. The third-order valence-electron chi connectivity index (χ3n) is 4.40. The summed E-state index contributed by atoms with van der Waals surface area (Å²) >= 11 is 0. The molecule has 144 valence electrons. The van der Waals surface area contributed by atoms with Gasteiger partial charge in [0.15, 0.2) is 0 Å². The lowest BCUT2D eigenvalue weighted by Crippen LogP contribution is -2.29. The third-order valence-corrected chi connectivity index (χ3v) is 4.40. The molecule has 0 atom stereocenters. The fourth-order valence-electron chi connectivity index (χ4n) is 3.00. The largest absolute Gasteiger partial charge is 0.339 e. The zero-order valence-electron chi connectivity index (χ0n) is 15.7. The van der Waals surface area contributed by atoms with E-state index in [-0.39, 0.29) is 11.1 Å². The molecule has 0 aliphatic rings. The molecule has 7 nitrogen and oxygen atoms in total. The van der Waals surface area contributed by atoms with Crippen LogP contribution in [0.4, 0.5) is 5.69 Å². The summed E-state index contributed by atoms with van der Waals surface area (Å²) in [5.74, 6) is 0.297. The molecule has 0 aliphatic carbocycles. The number of pyridine rings is 1. The Morgan fingerprint density at radius 1 is 1.03 bits per heavy atom. The van der Waals surface area contributed by atoms with Crippen molar-refractivity contribution in [2.45, 2.75) is 13.5 Å². The topological polar surface area (TPSA) is 90.0 Å². The lowest BCUT2D eigenvalue weighted by Gasteiger charge is -2.10. The molecule has 0 bridgehead atoms. The summed E-state index contributed by atoms with van der Waals surface area (Å²) in [6.07, 6.45) is 1.67. The van der Waals surface area contributed by atoms with Crippen LogP contribution in [0.1, 0.15) is 21.8 Å². The van der Waals surface area contributed by atoms with E-state index in [1.807, 2.05) is 36.4 Å². The van der Waals surface area contributed by atoms with Gasteiger partial charge >= 0.3 is 0 Å². The van der Waals surface area contributed by atoms with E-state index < -0.39 is 5.91 Å². The molecule has 0 fully saturated rings. The number of rotatable bonds is 5. The van der Waals surface area contributed by atoms with Crippen molar-refractivity contribution in [1.82, 2.24) is 14.7 Å². The van der Waals surface area contributed by atoms with Crippen molar-refractivity contribution >= 4 is 11.6 Å². The molecule has 0 aliphatic heterocycles. The van der Waals surface area contributed by atoms with Crippen molar-refractivity contribution in [2.24, 2.45) is 0 Å². The standard InChI is InChI=1S/C22H18N4O3/c1-15-23-20(25-29-15)17-10-5-6-12-19(17)24-21(27)18-11-7-13-26(22(18)28)14-16-8-3-2-4-9-16/h2-13H,14H2,1H3,(H,24,27). The molecule has 29 heavy (non-hydrogen) atoms. The first-order valence-corrected chi connectivity index (χ1v) is 9.06. The van der Waals surface area contributed by atoms with Crippen LogP contribution < -0.4 is 10.9 Å². The molecule has 1 N–H and O–H groups in total. The SMILES string of the molecule is Cc1nc(-c2ccccc2NC(=O)c2cccn(Cc3ccccc3)c2=O)no1. The lowest BCUT2D eigenvalue weighted by atomic mass is 10.1. The smallest absolute Gasteiger partial charge is 0.263 e. The highest BCUT2D eigenvalue weighted by Crippen LogP contribution is 2.25. The van der Waals surface area contributed by atoms with Gasteiger partial charge in [-0.05, 0) is 29.8 Å². The van der Waals surface area contributed by atoms with E-state index in [2.05, 4.69) is 15.5 Å². The average Bonchev–Trinajstić information content (AvgIpc) is 3.17. The molecule has 0 saturated heterocycles. The predicted molar refractivity (Wildman–Crippen MR) is 109 cm³/mol. The minimum atomic E-state index is -0.495. The molecular weight excluding hydrogens is 368 g/mol. The number of nitrogens with one attached hydrogen (secondary N) is 1. The molecule has 0 radical (unpaired) electrons. The van der Waals surface area contributed by atoms with E-state index in [1.165, 1.54) is 10.6 Å². The Labute approximate surface area is 166 Å². The normalized spacial score (nSPS) is 10.7. The molecule has 1 amide bonds. The van der Waals surface area contributed by atoms with Crippen LogP contribution in [0.15, 0.2) is 82.2 Å². The van der Waals surface area contributed by atoms with Crippen LogP contribution in [0.3, 0.4) is 0 Å². The Morgan fingerprint density at radius 3 is 2.55 bits per heavy atom. The molecule has 0 spiro atoms. The molecule has 2 heterocycles. The fraction of sp³-hybridized carbons (Fsp3) is 0.0909. The number of nitrogens with zero attached hydrogens (tertiary/aromatic N) is 3. The van der Waals surface area contributed by atoms with Crippen LogP contribution in [-0.4, -0.2) is 20.6 Å². The molecule has 2 aromatic carbocycles. The summed E-state index contributed by atoms with van der Waals surface area (Å²) in [5.41, 5.74) is 1.78. The number of hydrogen-bond donors (Lipinski definition) is 1. The van der Waals surface area contributed by atoms with Crippen molar-refractivity contribution < 1.29 is 9.32 Å². The Morgan fingerprint density at radius 2 is 1.79 bits per heavy atom. The number of amides is 1. The van der Waals surface area contributed by atoms with Gasteiger partial charge in [0.1, 0.15) is 5.56 Å². The monoisotopic (exact) mass is 386 g/mol. The average molecular weight is 386 g/mol. The van der Waals surface area contributed by atoms with Crippen LogP contribution in [0.5, 0.6) is 0 Å². The highest BCUT2D eigenvalue weighted by molar-refractivity contribution is 6.05. The van der Waals surface area contributed by atoms with E-state index in [1.54, 1.807) is 37.4 Å². The van der Waals surface area contributed by atoms with Gasteiger partial charge < -0.3 is 14.4 Å². The molecule has 0 unspecified atom stereocenters. The van der Waals surface area contributed by atoms with Gasteiger partial charge in [0.05, 0.1) is 12.2 Å². The van der Waals surface area contributed by atoms with E-state index in [0.29, 0.717) is 29.5 Å². The minimum Gasteiger partial charge on any atom is -0.339 e. The number of benzene rings is 2. The summed E-state index contributed by atoms with van der Waals surface area (Å²) in [5, 5.41) is 6.69. The molecule has 0 saturated carbocycles. The van der Waals surface area contributed by atoms with E-state index >= 15 is 0 Å². The van der Waals surface area contributed by atoms with Crippen molar-refractivity contribution in [3.05, 3.63) is 100 Å². The van der Waals surface area contributed by atoms with E-state index in [4.69, 9.17) is 4.52 Å². The number of anilines is 1. The van der Waals surface area contributed by atoms with Gasteiger partial charge in [0.2, 0.25) is 11.7 Å². The number of aromatic nitrogens is 3. The fourth-order valence-corrected chi connectivity index (χ4v) is 3.00. The lowest BCUT2D eigenvalue weighted by molar-refractivity contribution is 0.102. The Bertz CT molecular complexity index is 1210. The second-order valence-electron chi connectivity index (χ2n) is 6.48. The molecular formula is C22H18N4O3. The molecule has 4 aromatic rings. The maximum Gasteiger partial charge on any atom is 0.263 e. The third kappa shape index (κ3) is 3.98. The summed E-state index contributed by atoms with van der Waals surface area (Å²) < 4.78 is 6.54. The van der Waals surface area contributed by atoms with Gasteiger partial charge in [0, 0.05) is 18.7 Å². The zero-order chi connectivity index (χ0) is 20.2. The number of carbonyl (C=O) groups is 1. The number of hydrogen-bond acceptors (Lipinski definition) is 5. The van der Waals surface area contributed by atoms with E-state index in [0.717, 1.165) is 5.56 Å². The zero-order valence-corrected chi connectivity index (χ0v) is 15.7. The van der Waals surface area contributed by atoms with Gasteiger partial charge in [0.25, 0.3) is 11.5 Å². The number of carbonyl (C=O) groups excluding carboxylic acids is 1. The van der Waals surface area contributed by atoms with Gasteiger partial charge in [-0.15, -0.1) is 0 Å². The summed E-state index contributed by atoms with van der Waals surface area (Å²) in [6.45, 7) is 2.08. The van der Waals surface area contributed by atoms with Crippen LogP contribution in [-0.2, 0) is 6.54 Å². The van der Waals surface area contributed by atoms with Crippen LogP contribution in [0.2, 0.25) is 0 Å². The van der Waals surface area contributed by atoms with Gasteiger partial charge in [-0.1, -0.05) is 47.6 Å². The van der Waals surface area contributed by atoms with Crippen LogP contribution in [0.25, 0.3) is 11.4 Å². The van der Waals surface area contributed by atoms with Crippen molar-refractivity contribution in [3.8, 4) is 11.4 Å². The van der Waals surface area contributed by atoms with Crippen molar-refractivity contribution in [1.29, 1.82) is 0 Å². The molecule has 4 rings (SSSR count). The molecule has 2 aromatic heterocycles. The summed E-state index contributed by atoms with van der Waals surface area (Å²) in [6, 6.07) is 19.9. The predicted octanol–water partition coefficient (Wildman–Crippen LogP) is 3.51.